The number of rotatable bonds is 5. The summed E-state index contributed by atoms with van der Waals surface area (Å²) < 4.78 is 23.2. The van der Waals surface area contributed by atoms with E-state index >= 15 is 0 Å². The number of fused-ring (bicyclic) bond motifs is 3. The summed E-state index contributed by atoms with van der Waals surface area (Å²) in [4.78, 5) is 0. The molecule has 5 rings (SSSR count). The minimum Gasteiger partial charge on any atom is -0.486 e. The van der Waals surface area contributed by atoms with Crippen LogP contribution < -0.4 is 9.47 Å². The quantitative estimate of drug-likeness (QED) is 0.531. The number of ether oxygens (including phenoxy) is 4. The van der Waals surface area contributed by atoms with Crippen LogP contribution in [0.25, 0.3) is 0 Å². The number of aliphatic hydroxyl groups excluding tert-OH is 4. The molecular weight excluding hydrogens is 416 g/mol. The molecule has 32 heavy (non-hydrogen) atoms. The summed E-state index contributed by atoms with van der Waals surface area (Å²) in [6.07, 6.45) is -3.10. The van der Waals surface area contributed by atoms with E-state index < -0.39 is 36.3 Å². The summed E-state index contributed by atoms with van der Waals surface area (Å²) in [5, 5.41) is 41.5. The van der Waals surface area contributed by atoms with Gasteiger partial charge in [0.15, 0.2) is 11.5 Å². The molecule has 5 atom stereocenters. The fourth-order valence-corrected chi connectivity index (χ4v) is 4.84. The Kier molecular flexibility index (Phi) is 5.40. The van der Waals surface area contributed by atoms with Crippen LogP contribution in [-0.4, -0.2) is 70.8 Å². The first-order valence-electron chi connectivity index (χ1n) is 10.9. The highest BCUT2D eigenvalue weighted by molar-refractivity contribution is 5.46. The maximum atomic E-state index is 10.8. The number of aryl methyl sites for hydroxylation is 1. The fourth-order valence-electron chi connectivity index (χ4n) is 4.84. The molecule has 0 saturated carbocycles. The Balaban J connectivity index is 1.51. The normalized spacial score (nSPS) is 33.3. The second-order valence-electron chi connectivity index (χ2n) is 8.65. The van der Waals surface area contributed by atoms with E-state index in [-0.39, 0.29) is 6.61 Å². The second kappa shape index (κ2) is 7.98. The van der Waals surface area contributed by atoms with Gasteiger partial charge in [0.1, 0.15) is 37.1 Å². The van der Waals surface area contributed by atoms with E-state index in [4.69, 9.17) is 18.9 Å². The lowest BCUT2D eigenvalue weighted by molar-refractivity contribution is -0.329. The van der Waals surface area contributed by atoms with Crippen molar-refractivity contribution < 1.29 is 39.4 Å². The average molecular weight is 444 g/mol. The Labute approximate surface area is 185 Å². The maximum absolute atomic E-state index is 10.8. The molecular formula is C24H28O8. The van der Waals surface area contributed by atoms with E-state index in [1.165, 1.54) is 0 Å². The van der Waals surface area contributed by atoms with Crippen molar-refractivity contribution >= 4 is 0 Å². The Bertz CT molecular complexity index is 1010. The Morgan fingerprint density at radius 3 is 2.47 bits per heavy atom. The van der Waals surface area contributed by atoms with Gasteiger partial charge in [-0.05, 0) is 47.7 Å². The van der Waals surface area contributed by atoms with Crippen molar-refractivity contribution in [1.82, 2.24) is 0 Å². The molecule has 0 radical (unpaired) electrons. The molecule has 0 spiro atoms. The first kappa shape index (κ1) is 21.6. The highest BCUT2D eigenvalue weighted by Gasteiger charge is 2.67. The molecule has 8 nitrogen and oxygen atoms in total. The predicted molar refractivity (Wildman–Crippen MR) is 113 cm³/mol. The third kappa shape index (κ3) is 3.22. The largest absolute Gasteiger partial charge is 0.486 e. The van der Waals surface area contributed by atoms with Crippen molar-refractivity contribution in [2.75, 3.05) is 26.4 Å². The molecule has 0 amide bonds. The van der Waals surface area contributed by atoms with Gasteiger partial charge in [-0.25, -0.2) is 0 Å². The SMILES string of the molecule is CCc1ccc([C@@]23OC[C@](CO)(O2)[C@@H](O)[C@H](O)[C@H]3O)cc1Cc1ccc2c(c1)OCCO2. The average Bonchev–Trinajstić information content (AvgIpc) is 3.22. The van der Waals surface area contributed by atoms with Gasteiger partial charge in [0.25, 0.3) is 0 Å². The van der Waals surface area contributed by atoms with Crippen molar-refractivity contribution in [3.05, 3.63) is 58.7 Å². The van der Waals surface area contributed by atoms with Gasteiger partial charge in [-0.3, -0.25) is 0 Å². The Hall–Kier alpha value is -2.20. The van der Waals surface area contributed by atoms with Crippen LogP contribution in [0, 0.1) is 0 Å². The third-order valence-corrected chi connectivity index (χ3v) is 6.72. The van der Waals surface area contributed by atoms with Gasteiger partial charge in [0.2, 0.25) is 5.79 Å². The van der Waals surface area contributed by atoms with Crippen molar-refractivity contribution in [2.24, 2.45) is 0 Å². The molecule has 3 aliphatic heterocycles. The maximum Gasteiger partial charge on any atom is 0.225 e. The number of benzene rings is 2. The van der Waals surface area contributed by atoms with E-state index in [1.54, 1.807) is 6.07 Å². The van der Waals surface area contributed by atoms with Gasteiger partial charge < -0.3 is 39.4 Å². The van der Waals surface area contributed by atoms with Gasteiger partial charge in [-0.2, -0.15) is 0 Å². The number of hydrogen-bond donors (Lipinski definition) is 4. The molecule has 2 aromatic carbocycles. The van der Waals surface area contributed by atoms with Gasteiger partial charge in [-0.1, -0.05) is 25.1 Å². The molecule has 4 N–H and O–H groups in total. The van der Waals surface area contributed by atoms with E-state index in [9.17, 15) is 20.4 Å². The molecule has 3 aliphatic rings. The second-order valence-corrected chi connectivity index (χ2v) is 8.65. The molecule has 172 valence electrons. The summed E-state index contributed by atoms with van der Waals surface area (Å²) in [5.41, 5.74) is 2.21. The van der Waals surface area contributed by atoms with Crippen LogP contribution in [0.3, 0.4) is 0 Å². The topological polar surface area (TPSA) is 118 Å². The lowest BCUT2D eigenvalue weighted by atomic mass is 9.83. The minimum atomic E-state index is -1.67. The van der Waals surface area contributed by atoms with E-state index in [0.717, 1.165) is 34.6 Å². The van der Waals surface area contributed by atoms with Gasteiger partial charge in [-0.15, -0.1) is 0 Å². The highest BCUT2D eigenvalue weighted by atomic mass is 16.8. The molecule has 2 aromatic rings. The molecule has 2 saturated heterocycles. The summed E-state index contributed by atoms with van der Waals surface area (Å²) in [6, 6.07) is 11.5. The van der Waals surface area contributed by atoms with Crippen LogP contribution in [0.5, 0.6) is 11.5 Å². The first-order valence-corrected chi connectivity index (χ1v) is 10.9. The summed E-state index contributed by atoms with van der Waals surface area (Å²) >= 11 is 0. The highest BCUT2D eigenvalue weighted by Crippen LogP contribution is 2.49. The van der Waals surface area contributed by atoms with E-state index in [1.807, 2.05) is 30.3 Å². The zero-order valence-corrected chi connectivity index (χ0v) is 17.9. The van der Waals surface area contributed by atoms with Crippen molar-refractivity contribution in [3.63, 3.8) is 0 Å². The molecule has 8 heteroatoms. The fraction of sp³-hybridized carbons (Fsp3) is 0.500. The molecule has 3 heterocycles. The summed E-state index contributed by atoms with van der Waals surface area (Å²) in [7, 11) is 0. The number of aliphatic hydroxyl groups is 4. The zero-order chi connectivity index (χ0) is 22.5. The van der Waals surface area contributed by atoms with Crippen LogP contribution in [-0.2, 0) is 28.1 Å². The van der Waals surface area contributed by atoms with Gasteiger partial charge in [0, 0.05) is 5.56 Å². The predicted octanol–water partition coefficient (Wildman–Crippen LogP) is 0.638. The smallest absolute Gasteiger partial charge is 0.225 e. The van der Waals surface area contributed by atoms with Crippen molar-refractivity contribution in [3.8, 4) is 11.5 Å². The third-order valence-electron chi connectivity index (χ3n) is 6.72. The van der Waals surface area contributed by atoms with E-state index in [0.29, 0.717) is 25.2 Å². The monoisotopic (exact) mass is 444 g/mol. The van der Waals surface area contributed by atoms with Gasteiger partial charge in [0.05, 0.1) is 13.2 Å². The summed E-state index contributed by atoms with van der Waals surface area (Å²) in [5.74, 6) is -0.222. The molecule has 0 aliphatic carbocycles. The van der Waals surface area contributed by atoms with Crippen molar-refractivity contribution in [1.29, 1.82) is 0 Å². The lowest BCUT2D eigenvalue weighted by Gasteiger charge is -2.46. The van der Waals surface area contributed by atoms with Crippen LogP contribution in [0.2, 0.25) is 0 Å². The van der Waals surface area contributed by atoms with Crippen LogP contribution >= 0.6 is 0 Å². The van der Waals surface area contributed by atoms with Crippen LogP contribution in [0.4, 0.5) is 0 Å². The number of hydrogen-bond acceptors (Lipinski definition) is 8. The molecule has 2 bridgehead atoms. The molecule has 2 fully saturated rings. The molecule has 0 aromatic heterocycles. The molecule has 0 unspecified atom stereocenters. The Morgan fingerprint density at radius 1 is 0.938 bits per heavy atom. The minimum absolute atomic E-state index is 0.147. The first-order chi connectivity index (χ1) is 15.4. The Morgan fingerprint density at radius 2 is 1.72 bits per heavy atom. The lowest BCUT2D eigenvalue weighted by Crippen LogP contribution is -2.65. The summed E-state index contributed by atoms with van der Waals surface area (Å²) in [6.45, 7) is 2.43. The van der Waals surface area contributed by atoms with Crippen molar-refractivity contribution in [2.45, 2.75) is 49.5 Å². The van der Waals surface area contributed by atoms with Gasteiger partial charge >= 0.3 is 0 Å². The zero-order valence-electron chi connectivity index (χ0n) is 17.9. The van der Waals surface area contributed by atoms with Crippen LogP contribution in [0.1, 0.15) is 29.2 Å². The van der Waals surface area contributed by atoms with Crippen LogP contribution in [0.15, 0.2) is 36.4 Å². The van der Waals surface area contributed by atoms with E-state index in [2.05, 4.69) is 6.92 Å². The standard InChI is InChI=1S/C24H28O8/c1-2-15-4-5-17(24-22(28)20(26)21(27)23(12-25,32-24)13-31-24)11-16(15)9-14-3-6-18-19(10-14)30-8-7-29-18/h3-6,10-11,20-22,25-28H,2,7-9,12-13H2,1H3/t20-,21-,22+,23-,24+/m0/s1.